The Hall–Kier alpha value is -4.11. The van der Waals surface area contributed by atoms with Crippen LogP contribution < -0.4 is 4.90 Å². The lowest BCUT2D eigenvalue weighted by Crippen LogP contribution is -2.19. The quantitative estimate of drug-likeness (QED) is 0.161. The molecule has 0 atom stereocenters. The van der Waals surface area contributed by atoms with Crippen molar-refractivity contribution in [1.82, 2.24) is 0 Å². The summed E-state index contributed by atoms with van der Waals surface area (Å²) < 4.78 is 90.8. The molecule has 0 spiro atoms. The SMILES string of the molecule is [2H]c1c([2H])c(C(C)(C)C)c([2H])c([2H])c1-c1c([2H])c(C(C)(C)C)c([2H])c(-c2c([2H])c([2H])c(C(C)(C)C)c([2H])c2C(C)(C)C)c1N(c1cccc(Cl)c1)c1cc(Br)cc(-c2cc(C(C)(C)C)cc(C(C)(C)C)c2)c1. The lowest BCUT2D eigenvalue weighted by molar-refractivity contribution is 0.568. The van der Waals surface area contributed by atoms with E-state index in [1.54, 1.807) is 18.2 Å². The first-order valence-electron chi connectivity index (χ1n) is 26.6. The highest BCUT2D eigenvalue weighted by molar-refractivity contribution is 9.10. The van der Waals surface area contributed by atoms with Gasteiger partial charge in [0.15, 0.2) is 0 Å². The molecule has 0 fully saturated rings. The average molecular weight is 933 g/mol. The second kappa shape index (κ2) is 17.0. The van der Waals surface area contributed by atoms with Crippen molar-refractivity contribution in [3.8, 4) is 33.4 Å². The molecular weight excluding hydrogens is 850 g/mol. The molecule has 6 aromatic rings. The highest BCUT2D eigenvalue weighted by atomic mass is 79.9. The fourth-order valence-electron chi connectivity index (χ4n) is 7.38. The molecule has 0 saturated heterocycles. The molecule has 0 aliphatic carbocycles. The molecule has 0 N–H and O–H groups in total. The molecule has 0 amide bonds. The van der Waals surface area contributed by atoms with Gasteiger partial charge in [0.2, 0.25) is 0 Å². The van der Waals surface area contributed by atoms with E-state index in [4.69, 9.17) is 11.6 Å². The molecule has 3 heteroatoms. The van der Waals surface area contributed by atoms with Crippen molar-refractivity contribution in [2.75, 3.05) is 4.90 Å². The number of benzene rings is 6. The molecule has 1 nitrogen and oxygen atoms in total. The minimum Gasteiger partial charge on any atom is -0.309 e. The summed E-state index contributed by atoms with van der Waals surface area (Å²) in [7, 11) is 0. The van der Waals surface area contributed by atoms with Crippen LogP contribution in [0.25, 0.3) is 33.4 Å². The molecule has 0 radical (unpaired) electrons. The monoisotopic (exact) mass is 931 g/mol. The first-order chi connectivity index (χ1) is 32.6. The predicted octanol–water partition coefficient (Wildman–Crippen LogP) is 19.4. The Bertz CT molecular complexity index is 3090. The number of hydrogen-bond donors (Lipinski definition) is 0. The van der Waals surface area contributed by atoms with Crippen LogP contribution in [0.4, 0.5) is 17.1 Å². The zero-order chi connectivity index (χ0) is 54.7. The van der Waals surface area contributed by atoms with Gasteiger partial charge >= 0.3 is 0 Å². The van der Waals surface area contributed by atoms with Gasteiger partial charge < -0.3 is 4.90 Å². The smallest absolute Gasteiger partial charge is 0.0633 e. The zero-order valence-corrected chi connectivity index (χ0v) is 43.3. The van der Waals surface area contributed by atoms with E-state index in [1.165, 1.54) is 0 Å². The molecule has 0 aromatic heterocycles. The van der Waals surface area contributed by atoms with E-state index in [2.05, 4.69) is 75.7 Å². The van der Waals surface area contributed by atoms with Crippen LogP contribution in [0.15, 0.2) is 120 Å². The molecule has 0 aliphatic rings. The third-order valence-corrected chi connectivity index (χ3v) is 12.0. The number of anilines is 3. The van der Waals surface area contributed by atoms with Crippen LogP contribution in [-0.2, 0) is 32.5 Å². The van der Waals surface area contributed by atoms with Crippen molar-refractivity contribution < 1.29 is 12.3 Å². The summed E-state index contributed by atoms with van der Waals surface area (Å²) in [6.45, 7) is 36.0. The van der Waals surface area contributed by atoms with Crippen LogP contribution in [-0.4, -0.2) is 0 Å². The number of halogens is 2. The molecule has 63 heavy (non-hydrogen) atoms. The highest BCUT2D eigenvalue weighted by Crippen LogP contribution is 2.52. The van der Waals surface area contributed by atoms with E-state index in [0.29, 0.717) is 32.0 Å². The number of rotatable bonds is 6. The summed E-state index contributed by atoms with van der Waals surface area (Å²) in [5.41, 5.74) is 2.89. The van der Waals surface area contributed by atoms with Gasteiger partial charge in [-0.15, -0.1) is 0 Å². The van der Waals surface area contributed by atoms with Crippen molar-refractivity contribution in [3.63, 3.8) is 0 Å². The summed E-state index contributed by atoms with van der Waals surface area (Å²) in [6.07, 6.45) is 0. The predicted molar refractivity (Wildman–Crippen MR) is 282 cm³/mol. The fourth-order valence-corrected chi connectivity index (χ4v) is 8.05. The van der Waals surface area contributed by atoms with Gasteiger partial charge in [0.25, 0.3) is 0 Å². The Labute approximate surface area is 408 Å². The molecule has 0 unspecified atom stereocenters. The molecule has 332 valence electrons. The lowest BCUT2D eigenvalue weighted by atomic mass is 9.75. The Morgan fingerprint density at radius 1 is 0.429 bits per heavy atom. The second-order valence-corrected chi connectivity index (χ2v) is 24.6. The van der Waals surface area contributed by atoms with Gasteiger partial charge in [-0.3, -0.25) is 0 Å². The Morgan fingerprint density at radius 2 is 0.937 bits per heavy atom. The maximum atomic E-state index is 10.6. The summed E-state index contributed by atoms with van der Waals surface area (Å²) in [5.74, 6) is 0. The standard InChI is InChI=1S/C60H73BrClN/c1-55(2,3)41-24-22-38(23-25-41)51-33-45(59(13,14)15)34-52(50-27-26-42(56(4,5)6)35-53(50)60(16,17)18)54(51)63(48-21-19-20-47(62)37-48)49-31-40(30-46(61)36-49)39-28-43(57(7,8)9)32-44(29-39)58(10,11)12/h19-37H,1-18H3/i22D,23D,24D,25D,26D,27D,33D,34D,35D. The first-order valence-corrected chi connectivity index (χ1v) is 23.3. The van der Waals surface area contributed by atoms with Crippen LogP contribution in [0.3, 0.4) is 0 Å². The van der Waals surface area contributed by atoms with Crippen LogP contribution in [0.2, 0.25) is 5.02 Å². The van der Waals surface area contributed by atoms with Crippen molar-refractivity contribution in [2.45, 2.75) is 157 Å². The fraction of sp³-hybridized carbons (Fsp3) is 0.400. The van der Waals surface area contributed by atoms with Gasteiger partial charge in [-0.05, 0) is 137 Å². The summed E-state index contributed by atoms with van der Waals surface area (Å²) in [6, 6.07) is 18.0. The summed E-state index contributed by atoms with van der Waals surface area (Å²) in [4.78, 5) is 1.85. The van der Waals surface area contributed by atoms with Crippen LogP contribution >= 0.6 is 27.5 Å². The topological polar surface area (TPSA) is 3.24 Å². The van der Waals surface area contributed by atoms with Crippen molar-refractivity contribution >= 4 is 44.6 Å². The van der Waals surface area contributed by atoms with Gasteiger partial charge in [0.05, 0.1) is 18.0 Å². The zero-order valence-electron chi connectivity index (χ0n) is 50.0. The van der Waals surface area contributed by atoms with E-state index < -0.39 is 21.7 Å². The third kappa shape index (κ3) is 10.9. The Morgan fingerprint density at radius 3 is 1.44 bits per heavy atom. The summed E-state index contributed by atoms with van der Waals surface area (Å²) >= 11 is 10.9. The summed E-state index contributed by atoms with van der Waals surface area (Å²) in [5, 5.41) is 0.374. The molecule has 6 rings (SSSR count). The van der Waals surface area contributed by atoms with E-state index >= 15 is 0 Å². The largest absolute Gasteiger partial charge is 0.309 e. The Balaban J connectivity index is 2.05. The lowest BCUT2D eigenvalue weighted by Gasteiger charge is -2.35. The molecule has 6 aromatic carbocycles. The van der Waals surface area contributed by atoms with Crippen molar-refractivity contribution in [3.05, 3.63) is 158 Å². The molecule has 0 bridgehead atoms. The molecule has 0 heterocycles. The maximum Gasteiger partial charge on any atom is 0.0633 e. The van der Waals surface area contributed by atoms with Crippen molar-refractivity contribution in [2.24, 2.45) is 0 Å². The highest BCUT2D eigenvalue weighted by Gasteiger charge is 2.31. The number of nitrogens with zero attached hydrogens (tertiary/aromatic N) is 1. The van der Waals surface area contributed by atoms with Gasteiger partial charge in [0.1, 0.15) is 0 Å². The van der Waals surface area contributed by atoms with Crippen molar-refractivity contribution in [1.29, 1.82) is 0 Å². The minimum atomic E-state index is -0.935. The van der Waals surface area contributed by atoms with Crippen LogP contribution in [0, 0.1) is 0 Å². The normalized spacial score (nSPS) is 15.1. The van der Waals surface area contributed by atoms with Crippen LogP contribution in [0.5, 0.6) is 0 Å². The van der Waals surface area contributed by atoms with Gasteiger partial charge in [-0.1, -0.05) is 219 Å². The maximum absolute atomic E-state index is 10.6. The van der Waals surface area contributed by atoms with Gasteiger partial charge in [-0.2, -0.15) is 0 Å². The van der Waals surface area contributed by atoms with E-state index in [0.717, 1.165) is 22.3 Å². The molecule has 0 aliphatic heterocycles. The van der Waals surface area contributed by atoms with E-state index in [-0.39, 0.29) is 104 Å². The van der Waals surface area contributed by atoms with E-state index in [9.17, 15) is 12.3 Å². The molecule has 0 saturated carbocycles. The van der Waals surface area contributed by atoms with Gasteiger partial charge in [-0.25, -0.2) is 0 Å². The molecular formula is C60H73BrClN. The van der Waals surface area contributed by atoms with Gasteiger partial charge in [0, 0.05) is 32.0 Å². The van der Waals surface area contributed by atoms with E-state index in [1.807, 2.05) is 112 Å². The Kier molecular flexibility index (Phi) is 10.0. The second-order valence-electron chi connectivity index (χ2n) is 23.3. The number of hydrogen-bond acceptors (Lipinski definition) is 1. The third-order valence-electron chi connectivity index (χ3n) is 11.3. The first kappa shape index (κ1) is 37.1. The average Bonchev–Trinajstić information content (AvgIpc) is 3.20. The van der Waals surface area contributed by atoms with Crippen LogP contribution in [0.1, 0.15) is 170 Å². The minimum absolute atomic E-state index is 0.00634.